The molecule has 0 radical (unpaired) electrons. The number of amides is 2. The molecule has 0 spiro atoms. The van der Waals surface area contributed by atoms with Crippen LogP contribution in [0.4, 0.5) is 29.3 Å². The molecule has 0 aliphatic carbocycles. The lowest BCUT2D eigenvalue weighted by atomic mass is 10.0. The number of ether oxygens (including phenoxy) is 3. The number of hydrogen-bond acceptors (Lipinski definition) is 10. The molecule has 18 heteroatoms. The van der Waals surface area contributed by atoms with Crippen LogP contribution in [0, 0.1) is 0 Å². The molecule has 1 N–H and O–H groups in total. The Hall–Kier alpha value is -4.19. The fourth-order valence-corrected chi connectivity index (χ4v) is 8.46. The van der Waals surface area contributed by atoms with Gasteiger partial charge in [0.2, 0.25) is 11.7 Å². The Morgan fingerprint density at radius 2 is 1.81 bits per heavy atom. The molecule has 2 amide bonds. The molecule has 3 aromatic heterocycles. The third kappa shape index (κ3) is 6.99. The first-order chi connectivity index (χ1) is 24.9. The average Bonchev–Trinajstić information content (AvgIpc) is 3.70. The van der Waals surface area contributed by atoms with Gasteiger partial charge in [0.1, 0.15) is 17.3 Å². The number of benzene rings is 1. The zero-order valence-electron chi connectivity index (χ0n) is 29.9. The normalized spacial score (nSPS) is 22.1. The number of piperazine rings is 1. The van der Waals surface area contributed by atoms with Gasteiger partial charge in [-0.2, -0.15) is 22.7 Å². The molecule has 7 rings (SSSR count). The minimum Gasteiger partial charge on any atom is -0.444 e. The first-order valence-corrected chi connectivity index (χ1v) is 18.4. The van der Waals surface area contributed by atoms with E-state index in [2.05, 4.69) is 5.32 Å². The monoisotopic (exact) mass is 777 g/mol. The van der Waals surface area contributed by atoms with Crippen molar-refractivity contribution in [2.75, 3.05) is 36.5 Å². The van der Waals surface area contributed by atoms with Crippen LogP contribution < -0.4 is 15.8 Å². The number of thiophene rings is 1. The highest BCUT2D eigenvalue weighted by Crippen LogP contribution is 2.39. The van der Waals surface area contributed by atoms with Crippen molar-refractivity contribution in [3.8, 4) is 10.7 Å². The van der Waals surface area contributed by atoms with Crippen LogP contribution in [-0.2, 0) is 38.2 Å². The van der Waals surface area contributed by atoms with Crippen LogP contribution in [0.2, 0.25) is 5.02 Å². The average molecular weight is 778 g/mol. The number of nitrogens with one attached hydrogen (secondary N) is 1. The largest absolute Gasteiger partial charge is 0.444 e. The van der Waals surface area contributed by atoms with E-state index in [9.17, 15) is 27.6 Å². The Balaban J connectivity index is 1.34. The molecule has 3 aliphatic heterocycles. The molecule has 284 valence electrons. The summed E-state index contributed by atoms with van der Waals surface area (Å²) in [6, 6.07) is 2.76. The summed E-state index contributed by atoms with van der Waals surface area (Å²) >= 11 is 7.69. The first-order valence-electron chi connectivity index (χ1n) is 17.2. The van der Waals surface area contributed by atoms with Crippen molar-refractivity contribution in [2.24, 2.45) is 0 Å². The van der Waals surface area contributed by atoms with Gasteiger partial charge in [0.15, 0.2) is 5.82 Å². The van der Waals surface area contributed by atoms with Crippen LogP contribution in [0.15, 0.2) is 29.1 Å². The number of nitrogens with zero attached hydrogens (tertiary/aromatic N) is 6. The van der Waals surface area contributed by atoms with E-state index in [1.165, 1.54) is 15.9 Å². The van der Waals surface area contributed by atoms with Crippen LogP contribution in [0.25, 0.3) is 16.5 Å². The third-order valence-corrected chi connectivity index (χ3v) is 10.9. The highest BCUT2D eigenvalue weighted by molar-refractivity contribution is 7.15. The van der Waals surface area contributed by atoms with E-state index in [-0.39, 0.29) is 59.8 Å². The van der Waals surface area contributed by atoms with Gasteiger partial charge in [-0.1, -0.05) is 11.6 Å². The van der Waals surface area contributed by atoms with Crippen molar-refractivity contribution in [3.05, 3.63) is 61.3 Å². The SMILES string of the molecule is CC1OCC(C(=O)Nc2ccc(C(F)(F)F)cc2Cl)n2c1c(N1C[C@H](C)N(C(=O)OC(C)(C)C)[C@@H](C)C1)c(=O)n1nc(-c3cc4c(s3)COCC4)nc21. The van der Waals surface area contributed by atoms with Crippen molar-refractivity contribution >= 4 is 52.1 Å². The minimum absolute atomic E-state index is 0.0309. The second kappa shape index (κ2) is 13.6. The summed E-state index contributed by atoms with van der Waals surface area (Å²) in [5.74, 6) is -0.274. The molecule has 13 nitrogen and oxygen atoms in total. The number of fused-ring (bicyclic) bond motifs is 4. The van der Waals surface area contributed by atoms with E-state index < -0.39 is 47.0 Å². The smallest absolute Gasteiger partial charge is 0.416 e. The number of rotatable bonds is 4. The summed E-state index contributed by atoms with van der Waals surface area (Å²) in [7, 11) is 0. The summed E-state index contributed by atoms with van der Waals surface area (Å²) in [6.07, 6.45) is -5.05. The predicted octanol–water partition coefficient (Wildman–Crippen LogP) is 6.47. The first kappa shape index (κ1) is 37.1. The Morgan fingerprint density at radius 3 is 2.45 bits per heavy atom. The Morgan fingerprint density at radius 1 is 1.09 bits per heavy atom. The summed E-state index contributed by atoms with van der Waals surface area (Å²) in [5, 5.41) is 7.05. The van der Waals surface area contributed by atoms with E-state index in [1.807, 2.05) is 24.8 Å². The van der Waals surface area contributed by atoms with Gasteiger partial charge in [-0.3, -0.25) is 19.1 Å². The summed E-state index contributed by atoms with van der Waals surface area (Å²) in [5.41, 5.74) is -0.464. The van der Waals surface area contributed by atoms with Gasteiger partial charge in [0.05, 0.1) is 64.9 Å². The lowest BCUT2D eigenvalue weighted by Crippen LogP contribution is -2.60. The molecule has 1 fully saturated rings. The van der Waals surface area contributed by atoms with Gasteiger partial charge in [0, 0.05) is 18.0 Å². The van der Waals surface area contributed by atoms with Gasteiger partial charge in [-0.05, 0) is 77.8 Å². The van der Waals surface area contributed by atoms with Gasteiger partial charge in [0.25, 0.3) is 5.56 Å². The Bertz CT molecular complexity index is 2130. The fraction of sp³-hybridized carbons (Fsp3) is 0.514. The molecular weight excluding hydrogens is 739 g/mol. The van der Waals surface area contributed by atoms with Gasteiger partial charge < -0.3 is 24.4 Å². The standard InChI is InChI=1S/C35H39ClF3N7O6S/c1-17-13-43(14-18(2)44(17)33(49)52-34(4,5)6)28-27-19(3)51-15-24(30(47)40-23-8-7-21(12-22(23)36)35(37,38)39)45(27)32-41-29(42-46(32)31(28)48)25-11-20-9-10-50-16-26(20)53-25/h7-8,11-12,17-19,24H,9-10,13-16H2,1-6H3,(H,40,47)/t17-,18-,19?,24?/m0/s1. The molecule has 1 saturated heterocycles. The van der Waals surface area contributed by atoms with E-state index in [1.54, 1.807) is 37.2 Å². The zero-order chi connectivity index (χ0) is 38.1. The molecule has 6 heterocycles. The predicted molar refractivity (Wildman–Crippen MR) is 192 cm³/mol. The van der Waals surface area contributed by atoms with Crippen molar-refractivity contribution in [2.45, 2.75) is 90.6 Å². The Labute approximate surface area is 311 Å². The second-order valence-corrected chi connectivity index (χ2v) is 16.1. The van der Waals surface area contributed by atoms with Crippen molar-refractivity contribution < 1.29 is 37.0 Å². The molecule has 1 aromatic carbocycles. The van der Waals surface area contributed by atoms with Crippen LogP contribution in [0.5, 0.6) is 0 Å². The minimum atomic E-state index is -4.63. The quantitative estimate of drug-likeness (QED) is 0.248. The summed E-state index contributed by atoms with van der Waals surface area (Å²) in [6.45, 7) is 12.3. The van der Waals surface area contributed by atoms with Gasteiger partial charge >= 0.3 is 12.3 Å². The molecule has 2 unspecified atom stereocenters. The number of hydrogen-bond donors (Lipinski definition) is 1. The summed E-state index contributed by atoms with van der Waals surface area (Å²) < 4.78 is 60.3. The maximum absolute atomic E-state index is 14.6. The molecule has 53 heavy (non-hydrogen) atoms. The third-order valence-electron chi connectivity index (χ3n) is 9.47. The number of aromatic nitrogens is 4. The molecule has 3 aliphatic rings. The maximum Gasteiger partial charge on any atom is 0.416 e. The van der Waals surface area contributed by atoms with E-state index in [0.29, 0.717) is 18.9 Å². The highest BCUT2D eigenvalue weighted by Gasteiger charge is 2.42. The number of alkyl halides is 3. The number of halogens is 4. The maximum atomic E-state index is 14.6. The van der Waals surface area contributed by atoms with Crippen LogP contribution in [-0.4, -0.2) is 80.1 Å². The van der Waals surface area contributed by atoms with Crippen molar-refractivity contribution in [1.82, 2.24) is 24.1 Å². The Kier molecular flexibility index (Phi) is 9.52. The lowest BCUT2D eigenvalue weighted by Gasteiger charge is -2.46. The number of carbonyl (C=O) groups is 2. The van der Waals surface area contributed by atoms with Gasteiger partial charge in [-0.25, -0.2) is 4.79 Å². The van der Waals surface area contributed by atoms with Crippen LogP contribution in [0.1, 0.15) is 75.4 Å². The van der Waals surface area contributed by atoms with E-state index in [0.717, 1.165) is 39.9 Å². The molecule has 4 aromatic rings. The summed E-state index contributed by atoms with van der Waals surface area (Å²) in [4.78, 5) is 52.1. The van der Waals surface area contributed by atoms with Crippen molar-refractivity contribution in [1.29, 1.82) is 0 Å². The van der Waals surface area contributed by atoms with E-state index >= 15 is 0 Å². The molecule has 4 atom stereocenters. The van der Waals surface area contributed by atoms with E-state index in [4.69, 9.17) is 35.9 Å². The van der Waals surface area contributed by atoms with Crippen LogP contribution >= 0.6 is 22.9 Å². The molecular formula is C35H39ClF3N7O6S. The second-order valence-electron chi connectivity index (χ2n) is 14.6. The van der Waals surface area contributed by atoms with Crippen LogP contribution in [0.3, 0.4) is 0 Å². The van der Waals surface area contributed by atoms with Gasteiger partial charge in [-0.15, -0.1) is 16.4 Å². The molecule has 0 saturated carbocycles. The lowest BCUT2D eigenvalue weighted by molar-refractivity contribution is -0.137. The van der Waals surface area contributed by atoms with Crippen molar-refractivity contribution in [3.63, 3.8) is 0 Å². The number of anilines is 2. The fourth-order valence-electron chi connectivity index (χ4n) is 7.15. The zero-order valence-corrected chi connectivity index (χ0v) is 31.5. The molecule has 0 bridgehead atoms. The highest BCUT2D eigenvalue weighted by atomic mass is 35.5. The number of carbonyl (C=O) groups excluding carboxylic acids is 2. The topological polar surface area (TPSA) is 133 Å².